The quantitative estimate of drug-likeness (QED) is 0.735. The molecule has 1 aliphatic heterocycles. The fourth-order valence-electron chi connectivity index (χ4n) is 4.19. The second-order valence-electron chi connectivity index (χ2n) is 7.37. The predicted molar refractivity (Wildman–Crippen MR) is 125 cm³/mol. The van der Waals surface area contributed by atoms with Gasteiger partial charge in [-0.05, 0) is 62.1 Å². The molecule has 2 N–H and O–H groups in total. The third-order valence-corrected chi connectivity index (χ3v) is 6.62. The van der Waals surface area contributed by atoms with E-state index in [2.05, 4.69) is 32.3 Å². The van der Waals surface area contributed by atoms with E-state index in [4.69, 9.17) is 5.73 Å². The number of fused-ring (bicyclic) bond motifs is 1. The molecule has 2 aromatic heterocycles. The average Bonchev–Trinajstić information content (AvgIpc) is 3.10. The summed E-state index contributed by atoms with van der Waals surface area (Å²) in [6.07, 6.45) is 8.46. The fourth-order valence-corrected chi connectivity index (χ4v) is 4.95. The Balaban J connectivity index is 0.00000121. The first kappa shape index (κ1) is 24.7. The molecule has 1 saturated carbocycles. The van der Waals surface area contributed by atoms with Crippen LogP contribution in [0.1, 0.15) is 32.1 Å². The number of hydrogen-bond donors (Lipinski definition) is 1. The van der Waals surface area contributed by atoms with Gasteiger partial charge in [0.05, 0.1) is 0 Å². The lowest BCUT2D eigenvalue weighted by molar-refractivity contribution is 0.217. The molecule has 0 aromatic carbocycles. The normalized spacial score (nSPS) is 23.2. The molecule has 154 valence electrons. The third-order valence-electron chi connectivity index (χ3n) is 5.80. The van der Waals surface area contributed by atoms with Crippen molar-refractivity contribution in [2.24, 2.45) is 11.7 Å². The number of thiophene rings is 1. The molecule has 0 radical (unpaired) electrons. The molecule has 0 atom stereocenters. The highest BCUT2D eigenvalue weighted by atomic mass is 35.5. The molecule has 2 aliphatic rings. The van der Waals surface area contributed by atoms with Crippen LogP contribution in [-0.2, 0) is 0 Å². The lowest BCUT2D eigenvalue weighted by Gasteiger charge is -2.37. The molecule has 1 saturated heterocycles. The number of nitrogens with zero attached hydrogens (tertiary/aromatic N) is 3. The van der Waals surface area contributed by atoms with Gasteiger partial charge in [-0.2, -0.15) is 0 Å². The number of rotatable bonds is 4. The van der Waals surface area contributed by atoms with Crippen LogP contribution in [0.15, 0.2) is 23.7 Å². The Labute approximate surface area is 185 Å². The summed E-state index contributed by atoms with van der Waals surface area (Å²) in [4.78, 5) is 10.8. The molecule has 27 heavy (non-hydrogen) atoms. The second kappa shape index (κ2) is 11.6. The van der Waals surface area contributed by atoms with Crippen LogP contribution < -0.4 is 10.6 Å². The van der Waals surface area contributed by atoms with Crippen molar-refractivity contribution >= 4 is 64.5 Å². The van der Waals surface area contributed by atoms with E-state index in [9.17, 15) is 0 Å². The van der Waals surface area contributed by atoms with E-state index in [0.29, 0.717) is 6.04 Å². The van der Waals surface area contributed by atoms with Crippen molar-refractivity contribution in [2.45, 2.75) is 38.1 Å². The van der Waals surface area contributed by atoms with Gasteiger partial charge in [-0.25, -0.2) is 4.98 Å². The van der Waals surface area contributed by atoms with Crippen molar-refractivity contribution < 1.29 is 0 Å². The fraction of sp³-hybridized carbons (Fsp3) is 0.632. The topological polar surface area (TPSA) is 45.4 Å². The molecule has 4 nitrogen and oxygen atoms in total. The summed E-state index contributed by atoms with van der Waals surface area (Å²) >= 11 is 1.73. The Morgan fingerprint density at radius 1 is 1.00 bits per heavy atom. The summed E-state index contributed by atoms with van der Waals surface area (Å²) in [5.74, 6) is 0.911. The number of halogens is 3. The molecule has 2 fully saturated rings. The van der Waals surface area contributed by atoms with Crippen LogP contribution >= 0.6 is 48.6 Å². The van der Waals surface area contributed by atoms with Crippen molar-refractivity contribution in [3.8, 4) is 0 Å². The number of aromatic nitrogens is 1. The van der Waals surface area contributed by atoms with E-state index in [1.807, 2.05) is 6.20 Å². The Morgan fingerprint density at radius 2 is 1.70 bits per heavy atom. The van der Waals surface area contributed by atoms with Gasteiger partial charge < -0.3 is 10.6 Å². The minimum Gasteiger partial charge on any atom is -0.368 e. The summed E-state index contributed by atoms with van der Waals surface area (Å²) < 4.78 is 0. The number of nitrogens with two attached hydrogens (primary N) is 1. The number of piperazine rings is 1. The molecular weight excluding hydrogens is 423 g/mol. The van der Waals surface area contributed by atoms with Gasteiger partial charge >= 0.3 is 0 Å². The van der Waals surface area contributed by atoms with Gasteiger partial charge in [-0.3, -0.25) is 4.90 Å². The van der Waals surface area contributed by atoms with Crippen molar-refractivity contribution in [2.75, 3.05) is 37.6 Å². The van der Waals surface area contributed by atoms with Gasteiger partial charge in [-0.15, -0.1) is 48.6 Å². The monoisotopic (exact) mass is 452 g/mol. The molecule has 0 bridgehead atoms. The smallest absolute Gasteiger partial charge is 0.125 e. The van der Waals surface area contributed by atoms with Crippen molar-refractivity contribution in [3.05, 3.63) is 23.7 Å². The zero-order chi connectivity index (χ0) is 16.4. The highest BCUT2D eigenvalue weighted by molar-refractivity contribution is 7.16. The predicted octanol–water partition coefficient (Wildman–Crippen LogP) is 4.59. The maximum Gasteiger partial charge on any atom is 0.125 e. The number of hydrogen-bond acceptors (Lipinski definition) is 5. The van der Waals surface area contributed by atoms with Gasteiger partial charge in [0.15, 0.2) is 0 Å². The second-order valence-corrected chi connectivity index (χ2v) is 8.26. The van der Waals surface area contributed by atoms with Crippen LogP contribution in [0.25, 0.3) is 10.2 Å². The van der Waals surface area contributed by atoms with Gasteiger partial charge in [0.2, 0.25) is 0 Å². The molecule has 4 rings (SSSR count). The standard InChI is InChI=1S/C19H28N4S.3ClH/c20-16-3-1-15(2-4-16)6-9-22-10-12-23(13-11-22)18-5-8-21-19-17(18)7-14-24-19;;;/h5,7-8,14-16H,1-4,6,9-13,20H2;3*1H. The van der Waals surface area contributed by atoms with Crippen molar-refractivity contribution in [1.82, 2.24) is 9.88 Å². The van der Waals surface area contributed by atoms with E-state index in [0.717, 1.165) is 23.8 Å². The van der Waals surface area contributed by atoms with Gasteiger partial charge in [0.1, 0.15) is 4.83 Å². The van der Waals surface area contributed by atoms with E-state index in [1.165, 1.54) is 62.8 Å². The zero-order valence-electron chi connectivity index (χ0n) is 15.6. The molecule has 0 spiro atoms. The maximum atomic E-state index is 6.02. The van der Waals surface area contributed by atoms with Crippen LogP contribution in [0.5, 0.6) is 0 Å². The summed E-state index contributed by atoms with van der Waals surface area (Å²) in [7, 11) is 0. The minimum absolute atomic E-state index is 0. The SMILES string of the molecule is Cl.Cl.Cl.NC1CCC(CCN2CCN(c3ccnc4sccc34)CC2)CC1. The first-order chi connectivity index (χ1) is 11.8. The highest BCUT2D eigenvalue weighted by Crippen LogP contribution is 2.30. The molecular formula is C19H31Cl3N4S. The minimum atomic E-state index is 0. The summed E-state index contributed by atoms with van der Waals surface area (Å²) in [6.45, 7) is 5.88. The van der Waals surface area contributed by atoms with Crippen LogP contribution in [0, 0.1) is 5.92 Å². The van der Waals surface area contributed by atoms with E-state index >= 15 is 0 Å². The Morgan fingerprint density at radius 3 is 2.41 bits per heavy atom. The lowest BCUT2D eigenvalue weighted by Crippen LogP contribution is -2.47. The van der Waals surface area contributed by atoms with Gasteiger partial charge in [0.25, 0.3) is 0 Å². The van der Waals surface area contributed by atoms with Crippen molar-refractivity contribution in [3.63, 3.8) is 0 Å². The summed E-state index contributed by atoms with van der Waals surface area (Å²) in [5.41, 5.74) is 7.38. The van der Waals surface area contributed by atoms with E-state index < -0.39 is 0 Å². The summed E-state index contributed by atoms with van der Waals surface area (Å²) in [6, 6.07) is 4.86. The molecule has 0 amide bonds. The highest BCUT2D eigenvalue weighted by Gasteiger charge is 2.22. The van der Waals surface area contributed by atoms with Gasteiger partial charge in [0, 0.05) is 49.5 Å². The molecule has 3 heterocycles. The number of anilines is 1. The molecule has 8 heteroatoms. The largest absolute Gasteiger partial charge is 0.368 e. The number of pyridine rings is 1. The third kappa shape index (κ3) is 6.09. The maximum absolute atomic E-state index is 6.02. The van der Waals surface area contributed by atoms with E-state index in [1.54, 1.807) is 11.3 Å². The first-order valence-corrected chi connectivity index (χ1v) is 10.2. The van der Waals surface area contributed by atoms with Crippen LogP contribution in [-0.4, -0.2) is 48.6 Å². The molecule has 2 aromatic rings. The Hall–Kier alpha value is -0.300. The van der Waals surface area contributed by atoms with Crippen molar-refractivity contribution in [1.29, 1.82) is 0 Å². The average molecular weight is 454 g/mol. The lowest BCUT2D eigenvalue weighted by atomic mass is 9.84. The van der Waals surface area contributed by atoms with Crippen LogP contribution in [0.2, 0.25) is 0 Å². The van der Waals surface area contributed by atoms with Crippen LogP contribution in [0.4, 0.5) is 5.69 Å². The van der Waals surface area contributed by atoms with Crippen LogP contribution in [0.3, 0.4) is 0 Å². The molecule has 0 unspecified atom stereocenters. The Kier molecular flexibility index (Phi) is 10.7. The first-order valence-electron chi connectivity index (χ1n) is 9.34. The van der Waals surface area contributed by atoms with Gasteiger partial charge in [-0.1, -0.05) is 0 Å². The Bertz CT molecular complexity index is 668. The van der Waals surface area contributed by atoms with E-state index in [-0.39, 0.29) is 37.2 Å². The molecule has 1 aliphatic carbocycles. The zero-order valence-corrected chi connectivity index (χ0v) is 18.9. The summed E-state index contributed by atoms with van der Waals surface area (Å²) in [5, 5.41) is 3.46.